The molecule has 4 heteroatoms. The Labute approximate surface area is 125 Å². The molecule has 2 bridgehead atoms. The van der Waals surface area contributed by atoms with Crippen molar-refractivity contribution in [3.05, 3.63) is 21.9 Å². The maximum Gasteiger partial charge on any atom is 0.264 e. The second kappa shape index (κ2) is 5.15. The van der Waals surface area contributed by atoms with Gasteiger partial charge in [-0.25, -0.2) is 0 Å². The Morgan fingerprint density at radius 3 is 2.80 bits per heavy atom. The van der Waals surface area contributed by atoms with E-state index in [1.54, 1.807) is 11.3 Å². The second-order valence-electron chi connectivity index (χ2n) is 6.51. The van der Waals surface area contributed by atoms with Crippen molar-refractivity contribution in [2.24, 2.45) is 0 Å². The lowest BCUT2D eigenvalue weighted by Crippen LogP contribution is -2.46. The van der Waals surface area contributed by atoms with Crippen LogP contribution in [0.25, 0.3) is 0 Å². The molecule has 0 N–H and O–H groups in total. The maximum atomic E-state index is 12.8. The van der Waals surface area contributed by atoms with Gasteiger partial charge >= 0.3 is 0 Å². The minimum atomic E-state index is 0.268. The van der Waals surface area contributed by atoms with Crippen molar-refractivity contribution in [1.82, 2.24) is 9.80 Å². The average molecular weight is 292 g/mol. The number of aryl methyl sites for hydroxylation is 1. The highest BCUT2D eigenvalue weighted by Crippen LogP contribution is 2.41. The summed E-state index contributed by atoms with van der Waals surface area (Å²) < 4.78 is 0. The van der Waals surface area contributed by atoms with E-state index in [1.807, 2.05) is 18.4 Å². The van der Waals surface area contributed by atoms with Crippen molar-refractivity contribution in [2.75, 3.05) is 7.05 Å². The first-order chi connectivity index (χ1) is 9.50. The molecule has 1 aromatic rings. The number of amides is 1. The van der Waals surface area contributed by atoms with Gasteiger partial charge in [0.05, 0.1) is 4.88 Å². The van der Waals surface area contributed by atoms with E-state index in [4.69, 9.17) is 0 Å². The van der Waals surface area contributed by atoms with Gasteiger partial charge in [-0.1, -0.05) is 0 Å². The van der Waals surface area contributed by atoms with Gasteiger partial charge in [0, 0.05) is 24.2 Å². The maximum absolute atomic E-state index is 12.8. The number of carbonyl (C=O) groups is 1. The fourth-order valence-corrected chi connectivity index (χ4v) is 4.67. The third-order valence-electron chi connectivity index (χ3n) is 5.13. The predicted molar refractivity (Wildman–Crippen MR) is 83.3 cm³/mol. The number of hydrogen-bond donors (Lipinski definition) is 0. The molecule has 3 rings (SSSR count). The van der Waals surface area contributed by atoms with Gasteiger partial charge in [-0.2, -0.15) is 0 Å². The predicted octanol–water partition coefficient (Wildman–Crippen LogP) is 3.14. The van der Waals surface area contributed by atoms with Crippen LogP contribution in [0.5, 0.6) is 0 Å². The van der Waals surface area contributed by atoms with Gasteiger partial charge in [0.15, 0.2) is 0 Å². The normalized spacial score (nSPS) is 28.9. The van der Waals surface area contributed by atoms with Crippen LogP contribution in [0.15, 0.2) is 11.4 Å². The molecule has 0 saturated carbocycles. The molecule has 0 radical (unpaired) electrons. The molecular weight excluding hydrogens is 268 g/mol. The fraction of sp³-hybridized carbons (Fsp3) is 0.688. The SMILES string of the molecule is Cc1ccsc1C(=O)N1C2CCC1C(N(C)C(C)C)C2. The molecule has 0 aromatic carbocycles. The van der Waals surface area contributed by atoms with Crippen LogP contribution in [0.4, 0.5) is 0 Å². The summed E-state index contributed by atoms with van der Waals surface area (Å²) >= 11 is 1.59. The summed E-state index contributed by atoms with van der Waals surface area (Å²) in [7, 11) is 2.20. The van der Waals surface area contributed by atoms with Gasteiger partial charge in [0.2, 0.25) is 0 Å². The summed E-state index contributed by atoms with van der Waals surface area (Å²) in [5, 5.41) is 2.03. The first-order valence-electron chi connectivity index (χ1n) is 7.59. The minimum absolute atomic E-state index is 0.268. The highest BCUT2D eigenvalue weighted by molar-refractivity contribution is 7.12. The standard InChI is InChI=1S/C16H24N2OS/c1-10(2)17(4)14-9-12-5-6-13(14)18(12)16(19)15-11(3)7-8-20-15/h7-8,10,12-14H,5-6,9H2,1-4H3. The molecule has 2 saturated heterocycles. The molecule has 3 heterocycles. The molecule has 3 atom stereocenters. The Hall–Kier alpha value is -0.870. The zero-order chi connectivity index (χ0) is 14.4. The first kappa shape index (κ1) is 14.1. The number of nitrogens with zero attached hydrogens (tertiary/aromatic N) is 2. The van der Waals surface area contributed by atoms with E-state index in [0.717, 1.165) is 16.9 Å². The van der Waals surface area contributed by atoms with E-state index < -0.39 is 0 Å². The van der Waals surface area contributed by atoms with Gasteiger partial charge in [-0.3, -0.25) is 9.69 Å². The molecule has 2 aliphatic rings. The van der Waals surface area contributed by atoms with Crippen LogP contribution in [-0.4, -0.2) is 46.9 Å². The third kappa shape index (κ3) is 2.09. The molecular formula is C16H24N2OS. The third-order valence-corrected chi connectivity index (χ3v) is 6.14. The molecule has 20 heavy (non-hydrogen) atoms. The largest absolute Gasteiger partial charge is 0.330 e. The van der Waals surface area contributed by atoms with Gasteiger partial charge in [0.25, 0.3) is 5.91 Å². The zero-order valence-electron chi connectivity index (χ0n) is 12.8. The number of thiophene rings is 1. The Morgan fingerprint density at radius 2 is 2.20 bits per heavy atom. The second-order valence-corrected chi connectivity index (χ2v) is 7.42. The van der Waals surface area contributed by atoms with E-state index in [1.165, 1.54) is 12.8 Å². The molecule has 110 valence electrons. The van der Waals surface area contributed by atoms with Crippen molar-refractivity contribution in [2.45, 2.75) is 64.2 Å². The van der Waals surface area contributed by atoms with Crippen LogP contribution in [-0.2, 0) is 0 Å². The highest BCUT2D eigenvalue weighted by Gasteiger charge is 2.50. The lowest BCUT2D eigenvalue weighted by Gasteiger charge is -2.34. The molecule has 1 amide bonds. The molecule has 0 spiro atoms. The number of likely N-dealkylation sites (N-methyl/N-ethyl adjacent to an activating group) is 1. The molecule has 3 nitrogen and oxygen atoms in total. The topological polar surface area (TPSA) is 23.6 Å². The Kier molecular flexibility index (Phi) is 3.63. The molecule has 1 aromatic heterocycles. The zero-order valence-corrected chi connectivity index (χ0v) is 13.6. The van der Waals surface area contributed by atoms with Gasteiger partial charge in [-0.05, 0) is 64.1 Å². The monoisotopic (exact) mass is 292 g/mol. The van der Waals surface area contributed by atoms with E-state index >= 15 is 0 Å². The molecule has 3 unspecified atom stereocenters. The van der Waals surface area contributed by atoms with E-state index in [9.17, 15) is 4.79 Å². The summed E-state index contributed by atoms with van der Waals surface area (Å²) in [5.41, 5.74) is 1.13. The van der Waals surface area contributed by atoms with Crippen LogP contribution >= 0.6 is 11.3 Å². The average Bonchev–Trinajstić information content (AvgIpc) is 3.10. The van der Waals surface area contributed by atoms with Crippen molar-refractivity contribution < 1.29 is 4.79 Å². The van der Waals surface area contributed by atoms with E-state index in [-0.39, 0.29) is 5.91 Å². The number of hydrogen-bond acceptors (Lipinski definition) is 3. The van der Waals surface area contributed by atoms with Crippen LogP contribution in [0.2, 0.25) is 0 Å². The van der Waals surface area contributed by atoms with Gasteiger partial charge in [0.1, 0.15) is 0 Å². The summed E-state index contributed by atoms with van der Waals surface area (Å²) in [4.78, 5) is 18.4. The quantitative estimate of drug-likeness (QED) is 0.854. The summed E-state index contributed by atoms with van der Waals surface area (Å²) in [6.45, 7) is 6.52. The Balaban J connectivity index is 1.82. The van der Waals surface area contributed by atoms with Crippen molar-refractivity contribution >= 4 is 17.2 Å². The Bertz CT molecular complexity index is 510. The van der Waals surface area contributed by atoms with Gasteiger partial charge < -0.3 is 4.90 Å². The number of rotatable bonds is 3. The summed E-state index contributed by atoms with van der Waals surface area (Å²) in [6.07, 6.45) is 3.50. The number of carbonyl (C=O) groups excluding carboxylic acids is 1. The number of fused-ring (bicyclic) bond motifs is 2. The molecule has 2 aliphatic heterocycles. The van der Waals surface area contributed by atoms with Crippen LogP contribution in [0, 0.1) is 6.92 Å². The molecule has 0 aliphatic carbocycles. The van der Waals surface area contributed by atoms with Crippen molar-refractivity contribution in [3.63, 3.8) is 0 Å². The van der Waals surface area contributed by atoms with Crippen LogP contribution < -0.4 is 0 Å². The van der Waals surface area contributed by atoms with Crippen molar-refractivity contribution in [3.8, 4) is 0 Å². The Morgan fingerprint density at radius 1 is 1.45 bits per heavy atom. The van der Waals surface area contributed by atoms with E-state index in [0.29, 0.717) is 24.2 Å². The first-order valence-corrected chi connectivity index (χ1v) is 8.47. The summed E-state index contributed by atoms with van der Waals surface area (Å²) in [6, 6.07) is 4.01. The fourth-order valence-electron chi connectivity index (χ4n) is 3.80. The lowest BCUT2D eigenvalue weighted by molar-refractivity contribution is 0.0698. The van der Waals surface area contributed by atoms with Crippen LogP contribution in [0.3, 0.4) is 0 Å². The summed E-state index contributed by atoms with van der Waals surface area (Å²) in [5.74, 6) is 0.268. The minimum Gasteiger partial charge on any atom is -0.330 e. The van der Waals surface area contributed by atoms with Crippen LogP contribution in [0.1, 0.15) is 48.3 Å². The molecule has 2 fully saturated rings. The lowest BCUT2D eigenvalue weighted by atomic mass is 9.94. The highest BCUT2D eigenvalue weighted by atomic mass is 32.1. The van der Waals surface area contributed by atoms with Crippen molar-refractivity contribution in [1.29, 1.82) is 0 Å². The van der Waals surface area contributed by atoms with Gasteiger partial charge in [-0.15, -0.1) is 11.3 Å². The smallest absolute Gasteiger partial charge is 0.264 e. The van der Waals surface area contributed by atoms with E-state index in [2.05, 4.69) is 30.7 Å².